The second-order valence-electron chi connectivity index (χ2n) is 16.1. The number of fused-ring (bicyclic) bond motifs is 5. The van der Waals surface area contributed by atoms with Gasteiger partial charge >= 0.3 is 17.9 Å². The zero-order chi connectivity index (χ0) is 31.5. The van der Waals surface area contributed by atoms with E-state index in [0.717, 1.165) is 44.9 Å². The molecule has 4 aliphatic carbocycles. The molecule has 0 unspecified atom stereocenters. The van der Waals surface area contributed by atoms with Gasteiger partial charge in [0.05, 0.1) is 5.60 Å². The summed E-state index contributed by atoms with van der Waals surface area (Å²) in [7, 11) is 0. The van der Waals surface area contributed by atoms with Gasteiger partial charge in [-0.15, -0.1) is 0 Å². The number of carboxylic acid groups (broad SMARTS) is 1. The Kier molecular flexibility index (Phi) is 8.83. The molecular weight excluding hydrogens is 532 g/mol. The number of hydrogen-bond acceptors (Lipinski definition) is 6. The number of aliphatic hydroxyl groups is 1. The monoisotopic (exact) mass is 588 g/mol. The molecule has 0 aromatic rings. The fourth-order valence-corrected chi connectivity index (χ4v) is 11.1. The van der Waals surface area contributed by atoms with Gasteiger partial charge in [0, 0.05) is 18.3 Å². The van der Waals surface area contributed by atoms with Crippen LogP contribution in [0.5, 0.6) is 0 Å². The summed E-state index contributed by atoms with van der Waals surface area (Å²) in [6, 6.07) is 0. The maximum absolute atomic E-state index is 12.6. The number of carbonyl (C=O) groups is 3. The Balaban J connectivity index is 1.68. The summed E-state index contributed by atoms with van der Waals surface area (Å²) in [5, 5.41) is 21.0. The van der Waals surface area contributed by atoms with Crippen LogP contribution >= 0.6 is 0 Å². The first-order valence-corrected chi connectivity index (χ1v) is 16.2. The zero-order valence-corrected chi connectivity index (χ0v) is 27.5. The van der Waals surface area contributed by atoms with Crippen LogP contribution in [0.15, 0.2) is 11.6 Å². The molecule has 0 bridgehead atoms. The molecule has 0 saturated heterocycles. The number of ether oxygens (including phenoxy) is 2. The van der Waals surface area contributed by atoms with Crippen molar-refractivity contribution in [2.75, 3.05) is 0 Å². The van der Waals surface area contributed by atoms with E-state index in [9.17, 15) is 19.5 Å². The molecule has 2 N–H and O–H groups in total. The van der Waals surface area contributed by atoms with Gasteiger partial charge in [0.2, 0.25) is 0 Å². The standard InChI is InChI=1S/C35H56O7/c1-21(2)11-10-15-35(9,40)23-12-17-34(8)30(23)24(41-22(3)36)19-26-32(6)16-14-27(42-29(39)20-28(37)38)31(4,5)25(32)13-18-33(26,34)7/h11,23-27,30,40H,10,12-20H2,1-9H3,(H,37,38)/t23-,24+,25-,26-,27+,30-,32-,33+,34+,35-/m0/s1. The van der Waals surface area contributed by atoms with Crippen molar-refractivity contribution in [2.24, 2.45) is 45.3 Å². The summed E-state index contributed by atoms with van der Waals surface area (Å²) in [6.45, 7) is 19.3. The van der Waals surface area contributed by atoms with Gasteiger partial charge in [0.1, 0.15) is 18.6 Å². The Labute approximate surface area is 253 Å². The van der Waals surface area contributed by atoms with Crippen molar-refractivity contribution < 1.29 is 34.1 Å². The molecule has 4 fully saturated rings. The normalized spacial score (nSPS) is 41.8. The summed E-state index contributed by atoms with van der Waals surface area (Å²) >= 11 is 0. The van der Waals surface area contributed by atoms with Crippen LogP contribution in [0.25, 0.3) is 0 Å². The van der Waals surface area contributed by atoms with Gasteiger partial charge in [-0.25, -0.2) is 0 Å². The van der Waals surface area contributed by atoms with E-state index in [2.05, 4.69) is 54.5 Å². The topological polar surface area (TPSA) is 110 Å². The second-order valence-corrected chi connectivity index (χ2v) is 16.1. The first-order valence-electron chi connectivity index (χ1n) is 16.2. The molecule has 4 aliphatic rings. The molecule has 0 heterocycles. The fraction of sp³-hybridized carbons (Fsp3) is 0.857. The molecule has 42 heavy (non-hydrogen) atoms. The van der Waals surface area contributed by atoms with E-state index in [4.69, 9.17) is 14.6 Å². The first kappa shape index (κ1) is 33.0. The average molecular weight is 589 g/mol. The average Bonchev–Trinajstić information content (AvgIpc) is 3.21. The number of allylic oxidation sites excluding steroid dienone is 2. The van der Waals surface area contributed by atoms with Crippen molar-refractivity contribution in [3.05, 3.63) is 11.6 Å². The van der Waals surface area contributed by atoms with E-state index in [1.54, 1.807) is 0 Å². The Hall–Kier alpha value is -1.89. The third-order valence-corrected chi connectivity index (χ3v) is 13.2. The van der Waals surface area contributed by atoms with Crippen molar-refractivity contribution in [3.63, 3.8) is 0 Å². The Morgan fingerprint density at radius 3 is 2.14 bits per heavy atom. The Morgan fingerprint density at radius 2 is 1.55 bits per heavy atom. The number of carbonyl (C=O) groups excluding carboxylic acids is 2. The van der Waals surface area contributed by atoms with Crippen LogP contribution in [0.2, 0.25) is 0 Å². The first-order chi connectivity index (χ1) is 19.3. The Bertz CT molecular complexity index is 1100. The molecule has 4 rings (SSSR count). The third-order valence-electron chi connectivity index (χ3n) is 13.2. The molecular formula is C35H56O7. The quantitative estimate of drug-likeness (QED) is 0.177. The maximum atomic E-state index is 12.6. The van der Waals surface area contributed by atoms with Gasteiger partial charge in [-0.05, 0) is 113 Å². The van der Waals surface area contributed by atoms with Gasteiger partial charge in [-0.3, -0.25) is 14.4 Å². The molecule has 238 valence electrons. The van der Waals surface area contributed by atoms with Crippen LogP contribution in [0.4, 0.5) is 0 Å². The minimum Gasteiger partial charge on any atom is -0.481 e. The van der Waals surface area contributed by atoms with E-state index in [-0.39, 0.29) is 57.6 Å². The van der Waals surface area contributed by atoms with Crippen molar-refractivity contribution in [2.45, 2.75) is 144 Å². The highest BCUT2D eigenvalue weighted by molar-refractivity contribution is 5.90. The lowest BCUT2D eigenvalue weighted by molar-refractivity contribution is -0.252. The summed E-state index contributed by atoms with van der Waals surface area (Å²) in [4.78, 5) is 36.1. The van der Waals surface area contributed by atoms with E-state index in [1.165, 1.54) is 12.5 Å². The van der Waals surface area contributed by atoms with E-state index in [1.807, 2.05) is 6.92 Å². The minimum atomic E-state index is -1.17. The number of hydrogen-bond donors (Lipinski definition) is 2. The maximum Gasteiger partial charge on any atom is 0.317 e. The van der Waals surface area contributed by atoms with Crippen LogP contribution in [0, 0.1) is 45.3 Å². The fourth-order valence-electron chi connectivity index (χ4n) is 11.1. The van der Waals surface area contributed by atoms with Crippen molar-refractivity contribution in [1.82, 2.24) is 0 Å². The molecule has 4 saturated carbocycles. The van der Waals surface area contributed by atoms with Gasteiger partial charge in [0.25, 0.3) is 0 Å². The SMILES string of the molecule is CC(=O)O[C@@H]1C[C@H]2[C@@]3(C)CC[C@@H](OC(=O)CC(=O)O)C(C)(C)[C@@H]3CC[C@@]2(C)[C@]2(C)CC[C@H]([C@@](C)(O)CCC=C(C)C)[C@@H]12. The molecule has 0 amide bonds. The molecule has 10 atom stereocenters. The summed E-state index contributed by atoms with van der Waals surface area (Å²) < 4.78 is 12.0. The van der Waals surface area contributed by atoms with E-state index in [0.29, 0.717) is 18.8 Å². The third kappa shape index (κ3) is 5.45. The Morgan fingerprint density at radius 1 is 0.905 bits per heavy atom. The van der Waals surface area contributed by atoms with Gasteiger partial charge < -0.3 is 19.7 Å². The second kappa shape index (κ2) is 11.2. The zero-order valence-electron chi connectivity index (χ0n) is 27.5. The predicted octanol–water partition coefficient (Wildman–Crippen LogP) is 7.10. The van der Waals surface area contributed by atoms with E-state index >= 15 is 0 Å². The molecule has 0 aromatic heterocycles. The molecule has 0 aliphatic heterocycles. The lowest BCUT2D eigenvalue weighted by atomic mass is 9.35. The summed E-state index contributed by atoms with van der Waals surface area (Å²) in [5.41, 5.74) is -0.0480. The lowest BCUT2D eigenvalue weighted by Gasteiger charge is -2.70. The highest BCUT2D eigenvalue weighted by Gasteiger charge is 2.72. The van der Waals surface area contributed by atoms with Crippen molar-refractivity contribution in [3.8, 4) is 0 Å². The predicted molar refractivity (Wildman–Crippen MR) is 161 cm³/mol. The smallest absolute Gasteiger partial charge is 0.317 e. The van der Waals surface area contributed by atoms with Gasteiger partial charge in [-0.2, -0.15) is 0 Å². The number of esters is 2. The van der Waals surface area contributed by atoms with Crippen LogP contribution in [-0.2, 0) is 23.9 Å². The van der Waals surface area contributed by atoms with E-state index < -0.39 is 24.0 Å². The largest absolute Gasteiger partial charge is 0.481 e. The van der Waals surface area contributed by atoms with Crippen LogP contribution in [-0.4, -0.2) is 45.9 Å². The van der Waals surface area contributed by atoms with Gasteiger partial charge in [0.15, 0.2) is 0 Å². The highest BCUT2D eigenvalue weighted by atomic mass is 16.5. The van der Waals surface area contributed by atoms with Crippen LogP contribution < -0.4 is 0 Å². The van der Waals surface area contributed by atoms with Crippen LogP contribution in [0.3, 0.4) is 0 Å². The van der Waals surface area contributed by atoms with Crippen molar-refractivity contribution >= 4 is 17.9 Å². The summed E-state index contributed by atoms with van der Waals surface area (Å²) in [6.07, 6.45) is 8.86. The molecule has 7 nitrogen and oxygen atoms in total. The van der Waals surface area contributed by atoms with Gasteiger partial charge in [-0.1, -0.05) is 46.3 Å². The molecule has 0 radical (unpaired) electrons. The number of aliphatic carboxylic acids is 1. The molecule has 7 heteroatoms. The molecule has 0 spiro atoms. The summed E-state index contributed by atoms with van der Waals surface area (Å²) in [5.74, 6) is -1.36. The number of carboxylic acids is 1. The van der Waals surface area contributed by atoms with Crippen molar-refractivity contribution in [1.29, 1.82) is 0 Å². The minimum absolute atomic E-state index is 0.00715. The lowest BCUT2D eigenvalue weighted by Crippen LogP contribution is -2.67. The van der Waals surface area contributed by atoms with Crippen LogP contribution in [0.1, 0.15) is 127 Å². The number of rotatable bonds is 8. The highest BCUT2D eigenvalue weighted by Crippen LogP contribution is 2.76. The molecule has 0 aromatic carbocycles.